The van der Waals surface area contributed by atoms with E-state index in [9.17, 15) is 4.79 Å². The molecule has 2 nitrogen and oxygen atoms in total. The van der Waals surface area contributed by atoms with E-state index in [0.717, 1.165) is 17.5 Å². The Balaban J connectivity index is 1.85. The van der Waals surface area contributed by atoms with Gasteiger partial charge >= 0.3 is 5.97 Å². The van der Waals surface area contributed by atoms with Crippen molar-refractivity contribution in [3.8, 4) is 0 Å². The molecule has 0 saturated heterocycles. The Morgan fingerprint density at radius 2 is 1.71 bits per heavy atom. The van der Waals surface area contributed by atoms with Crippen LogP contribution in [0.15, 0.2) is 66.7 Å². The molecule has 0 bridgehead atoms. The van der Waals surface area contributed by atoms with Crippen LogP contribution < -0.4 is 0 Å². The summed E-state index contributed by atoms with van der Waals surface area (Å²) in [5.74, 6) is 0.0592. The minimum absolute atomic E-state index is 0.142. The van der Waals surface area contributed by atoms with E-state index >= 15 is 0 Å². The van der Waals surface area contributed by atoms with E-state index in [0.29, 0.717) is 0 Å². The third-order valence-corrected chi connectivity index (χ3v) is 4.17. The molecule has 0 aromatic heterocycles. The monoisotopic (exact) mass is 278 g/mol. The summed E-state index contributed by atoms with van der Waals surface area (Å²) in [6, 6.07) is 20.0. The van der Waals surface area contributed by atoms with Gasteiger partial charge in [0, 0.05) is 0 Å². The fourth-order valence-electron chi connectivity index (χ4n) is 2.91. The van der Waals surface area contributed by atoms with Crippen LogP contribution in [0.5, 0.6) is 0 Å². The van der Waals surface area contributed by atoms with Crippen LogP contribution in [0.25, 0.3) is 6.08 Å². The zero-order chi connectivity index (χ0) is 14.7. The van der Waals surface area contributed by atoms with E-state index in [1.165, 1.54) is 7.11 Å². The number of esters is 1. The van der Waals surface area contributed by atoms with Crippen molar-refractivity contribution in [2.75, 3.05) is 7.11 Å². The lowest BCUT2D eigenvalue weighted by molar-refractivity contribution is -0.144. The van der Waals surface area contributed by atoms with Crippen molar-refractivity contribution in [3.63, 3.8) is 0 Å². The number of carbonyl (C=O) groups is 1. The average Bonchev–Trinajstić information content (AvgIpc) is 3.30. The molecule has 0 N–H and O–H groups in total. The molecule has 0 spiro atoms. The van der Waals surface area contributed by atoms with Crippen LogP contribution in [0, 0.1) is 5.92 Å². The lowest BCUT2D eigenvalue weighted by Gasteiger charge is -2.14. The number of methoxy groups -OCH3 is 1. The van der Waals surface area contributed by atoms with Gasteiger partial charge in [-0.1, -0.05) is 72.8 Å². The molecule has 0 radical (unpaired) electrons. The van der Waals surface area contributed by atoms with Crippen LogP contribution in [0.3, 0.4) is 0 Å². The molecular formula is C19H18O2. The van der Waals surface area contributed by atoms with Gasteiger partial charge in [0.2, 0.25) is 0 Å². The lowest BCUT2D eigenvalue weighted by Crippen LogP contribution is -2.24. The highest BCUT2D eigenvalue weighted by Gasteiger charge is 2.60. The summed E-state index contributed by atoms with van der Waals surface area (Å²) < 4.78 is 5.04. The summed E-state index contributed by atoms with van der Waals surface area (Å²) in [5.41, 5.74) is 1.69. The van der Waals surface area contributed by atoms with Gasteiger partial charge in [0.25, 0.3) is 0 Å². The van der Waals surface area contributed by atoms with Crippen LogP contribution in [0.1, 0.15) is 17.5 Å². The highest BCUT2D eigenvalue weighted by Crippen LogP contribution is 2.56. The van der Waals surface area contributed by atoms with Crippen LogP contribution in [-0.4, -0.2) is 13.1 Å². The second-order valence-corrected chi connectivity index (χ2v) is 5.41. The van der Waals surface area contributed by atoms with Crippen molar-refractivity contribution < 1.29 is 9.53 Å². The van der Waals surface area contributed by atoms with E-state index in [1.54, 1.807) is 0 Å². The molecule has 2 aromatic carbocycles. The molecule has 1 aliphatic carbocycles. The number of hydrogen-bond donors (Lipinski definition) is 0. The van der Waals surface area contributed by atoms with Crippen molar-refractivity contribution in [1.82, 2.24) is 0 Å². The maximum absolute atomic E-state index is 12.3. The minimum atomic E-state index is -0.499. The molecule has 2 atom stereocenters. The van der Waals surface area contributed by atoms with Crippen LogP contribution in [-0.2, 0) is 14.9 Å². The molecule has 0 amide bonds. The normalized spacial score (nSPS) is 24.0. The zero-order valence-corrected chi connectivity index (χ0v) is 12.0. The van der Waals surface area contributed by atoms with Gasteiger partial charge in [-0.15, -0.1) is 0 Å². The van der Waals surface area contributed by atoms with Gasteiger partial charge in [0.05, 0.1) is 12.5 Å². The van der Waals surface area contributed by atoms with Crippen LogP contribution in [0.2, 0.25) is 0 Å². The van der Waals surface area contributed by atoms with Gasteiger partial charge in [-0.05, 0) is 23.5 Å². The third kappa shape index (κ3) is 2.49. The summed E-state index contributed by atoms with van der Waals surface area (Å²) in [4.78, 5) is 12.3. The first-order valence-corrected chi connectivity index (χ1v) is 7.14. The number of allylic oxidation sites excluding steroid dienone is 1. The Hall–Kier alpha value is -2.35. The van der Waals surface area contributed by atoms with Gasteiger partial charge in [-0.25, -0.2) is 0 Å². The van der Waals surface area contributed by atoms with E-state index in [1.807, 2.05) is 48.5 Å². The van der Waals surface area contributed by atoms with Gasteiger partial charge in [-0.2, -0.15) is 0 Å². The quantitative estimate of drug-likeness (QED) is 0.794. The van der Waals surface area contributed by atoms with Gasteiger partial charge in [-0.3, -0.25) is 4.79 Å². The predicted octanol–water partition coefficient (Wildman–Crippen LogP) is 3.83. The van der Waals surface area contributed by atoms with Crippen LogP contribution in [0.4, 0.5) is 0 Å². The molecule has 0 aliphatic heterocycles. The first-order valence-electron chi connectivity index (χ1n) is 7.14. The van der Waals surface area contributed by atoms with Gasteiger partial charge in [0.1, 0.15) is 0 Å². The van der Waals surface area contributed by atoms with Crippen molar-refractivity contribution in [2.24, 2.45) is 5.92 Å². The molecule has 1 fully saturated rings. The Morgan fingerprint density at radius 3 is 2.33 bits per heavy atom. The minimum Gasteiger partial charge on any atom is -0.468 e. The standard InChI is InChI=1S/C19H18O2/c1-21-18(20)19(16-10-6-3-7-11-16)14-17(19)13-12-15-8-4-2-5-9-15/h2-13,17H,14H2,1H3/t17-,19+/m1/s1. The van der Waals surface area contributed by atoms with Crippen molar-refractivity contribution in [2.45, 2.75) is 11.8 Å². The molecule has 21 heavy (non-hydrogen) atoms. The number of carbonyl (C=O) groups excluding carboxylic acids is 1. The molecule has 1 aliphatic rings. The summed E-state index contributed by atoms with van der Waals surface area (Å²) in [6.07, 6.45) is 5.02. The fraction of sp³-hybridized carbons (Fsp3) is 0.211. The van der Waals surface area contributed by atoms with E-state index in [4.69, 9.17) is 4.74 Å². The molecule has 0 unspecified atom stereocenters. The first-order chi connectivity index (χ1) is 10.3. The van der Waals surface area contributed by atoms with E-state index in [2.05, 4.69) is 24.3 Å². The highest BCUT2D eigenvalue weighted by molar-refractivity contribution is 5.88. The summed E-state index contributed by atoms with van der Waals surface area (Å²) in [5, 5.41) is 0. The van der Waals surface area contributed by atoms with Crippen LogP contribution >= 0.6 is 0 Å². The molecule has 106 valence electrons. The largest absolute Gasteiger partial charge is 0.468 e. The van der Waals surface area contributed by atoms with E-state index in [-0.39, 0.29) is 11.9 Å². The second-order valence-electron chi connectivity index (χ2n) is 5.41. The Kier molecular flexibility index (Phi) is 3.61. The maximum atomic E-state index is 12.3. The summed E-state index contributed by atoms with van der Waals surface area (Å²) in [6.45, 7) is 0. The molecular weight excluding hydrogens is 260 g/mol. The Bertz CT molecular complexity index is 646. The second kappa shape index (κ2) is 5.57. The SMILES string of the molecule is COC(=O)[C@]1(c2ccccc2)C[C@H]1C=Cc1ccccc1. The Labute approximate surface area is 125 Å². The molecule has 2 heteroatoms. The number of hydrogen-bond acceptors (Lipinski definition) is 2. The van der Waals surface area contributed by atoms with Crippen molar-refractivity contribution >= 4 is 12.0 Å². The number of rotatable bonds is 4. The van der Waals surface area contributed by atoms with Gasteiger partial charge < -0.3 is 4.74 Å². The van der Waals surface area contributed by atoms with Crippen molar-refractivity contribution in [1.29, 1.82) is 0 Å². The lowest BCUT2D eigenvalue weighted by atomic mass is 9.93. The zero-order valence-electron chi connectivity index (χ0n) is 12.0. The number of ether oxygens (including phenoxy) is 1. The molecule has 0 heterocycles. The van der Waals surface area contributed by atoms with Crippen molar-refractivity contribution in [3.05, 3.63) is 77.9 Å². The summed E-state index contributed by atoms with van der Waals surface area (Å²) in [7, 11) is 1.46. The predicted molar refractivity (Wildman–Crippen MR) is 83.7 cm³/mol. The fourth-order valence-corrected chi connectivity index (χ4v) is 2.91. The number of benzene rings is 2. The highest BCUT2D eigenvalue weighted by atomic mass is 16.5. The average molecular weight is 278 g/mol. The smallest absolute Gasteiger partial charge is 0.316 e. The van der Waals surface area contributed by atoms with Gasteiger partial charge in [0.15, 0.2) is 0 Å². The molecule has 2 aromatic rings. The summed E-state index contributed by atoms with van der Waals surface area (Å²) >= 11 is 0. The maximum Gasteiger partial charge on any atom is 0.316 e. The molecule has 3 rings (SSSR count). The Morgan fingerprint density at radius 1 is 1.10 bits per heavy atom. The molecule has 1 saturated carbocycles. The van der Waals surface area contributed by atoms with E-state index < -0.39 is 5.41 Å². The third-order valence-electron chi connectivity index (χ3n) is 4.17. The topological polar surface area (TPSA) is 26.3 Å². The first kappa shape index (κ1) is 13.6.